The molecule has 0 saturated carbocycles. The van der Waals surface area contributed by atoms with Crippen molar-refractivity contribution in [3.63, 3.8) is 0 Å². The number of benzene rings is 2. The Bertz CT molecular complexity index is 615. The Morgan fingerprint density at radius 2 is 1.77 bits per heavy atom. The molecule has 4 heteroatoms. The van der Waals surface area contributed by atoms with E-state index in [4.69, 9.17) is 4.74 Å². The maximum Gasteiger partial charge on any atom is 0.263 e. The number of hydrogen-bond acceptors (Lipinski definition) is 2. The van der Waals surface area contributed by atoms with Crippen molar-refractivity contribution in [1.82, 2.24) is 4.90 Å². The fourth-order valence-electron chi connectivity index (χ4n) is 2.18. The van der Waals surface area contributed by atoms with E-state index in [1.165, 1.54) is 12.1 Å². The molecule has 2 rings (SSSR count). The van der Waals surface area contributed by atoms with E-state index >= 15 is 0 Å². The second-order valence-electron chi connectivity index (χ2n) is 5.13. The van der Waals surface area contributed by atoms with Crippen LogP contribution in [0, 0.1) is 5.82 Å². The molecule has 0 aliphatic carbocycles. The number of amides is 1. The fraction of sp³-hybridized carbons (Fsp3) is 0.278. The molecule has 0 radical (unpaired) electrons. The lowest BCUT2D eigenvalue weighted by molar-refractivity contribution is -0.138. The average Bonchev–Trinajstić information content (AvgIpc) is 2.54. The molecule has 1 amide bonds. The molecule has 0 aliphatic heterocycles. The lowest BCUT2D eigenvalue weighted by atomic mass is 10.2. The van der Waals surface area contributed by atoms with Crippen LogP contribution in [0.15, 0.2) is 54.6 Å². The van der Waals surface area contributed by atoms with Crippen LogP contribution in [0.25, 0.3) is 0 Å². The summed E-state index contributed by atoms with van der Waals surface area (Å²) in [6.45, 7) is 2.34. The number of halogens is 1. The molecule has 0 bridgehead atoms. The van der Waals surface area contributed by atoms with Gasteiger partial charge in [0.2, 0.25) is 0 Å². The fourth-order valence-corrected chi connectivity index (χ4v) is 2.18. The maximum atomic E-state index is 13.6. The van der Waals surface area contributed by atoms with E-state index in [2.05, 4.69) is 0 Å². The first kappa shape index (κ1) is 16.0. The summed E-state index contributed by atoms with van der Waals surface area (Å²) < 4.78 is 19.2. The number of hydrogen-bond donors (Lipinski definition) is 0. The van der Waals surface area contributed by atoms with Gasteiger partial charge < -0.3 is 9.64 Å². The third-order valence-corrected chi connectivity index (χ3v) is 3.39. The van der Waals surface area contributed by atoms with Crippen LogP contribution >= 0.6 is 0 Å². The minimum atomic E-state index is -0.689. The van der Waals surface area contributed by atoms with E-state index in [1.54, 1.807) is 24.1 Å². The lowest BCUT2D eigenvalue weighted by Crippen LogP contribution is -2.39. The first-order chi connectivity index (χ1) is 10.6. The van der Waals surface area contributed by atoms with E-state index in [9.17, 15) is 9.18 Å². The van der Waals surface area contributed by atoms with Gasteiger partial charge in [0.25, 0.3) is 5.91 Å². The van der Waals surface area contributed by atoms with Crippen molar-refractivity contribution in [3.8, 4) is 5.75 Å². The summed E-state index contributed by atoms with van der Waals surface area (Å²) in [4.78, 5) is 14.1. The zero-order valence-corrected chi connectivity index (χ0v) is 12.8. The summed E-state index contributed by atoms with van der Waals surface area (Å²) in [6, 6.07) is 15.8. The molecule has 0 aromatic heterocycles. The van der Waals surface area contributed by atoms with Gasteiger partial charge in [0.1, 0.15) is 0 Å². The van der Waals surface area contributed by atoms with Crippen LogP contribution in [0.1, 0.15) is 18.9 Å². The van der Waals surface area contributed by atoms with Gasteiger partial charge in [0.05, 0.1) is 0 Å². The highest BCUT2D eigenvalue weighted by Gasteiger charge is 2.23. The Balaban J connectivity index is 2.03. The van der Waals surface area contributed by atoms with E-state index in [0.717, 1.165) is 5.56 Å². The Kier molecular flexibility index (Phi) is 5.53. The number of nitrogens with zero attached hydrogens (tertiary/aromatic N) is 1. The van der Waals surface area contributed by atoms with Crippen molar-refractivity contribution in [3.05, 3.63) is 66.0 Å². The number of ether oxygens (including phenoxy) is 1. The smallest absolute Gasteiger partial charge is 0.263 e. The van der Waals surface area contributed by atoms with E-state index in [-0.39, 0.29) is 11.7 Å². The third kappa shape index (κ3) is 4.07. The van der Waals surface area contributed by atoms with Gasteiger partial charge in [-0.05, 0) is 24.1 Å². The summed E-state index contributed by atoms with van der Waals surface area (Å²) >= 11 is 0. The molecular formula is C18H20FNO2. The Morgan fingerprint density at radius 3 is 2.41 bits per heavy atom. The first-order valence-electron chi connectivity index (χ1n) is 7.32. The van der Waals surface area contributed by atoms with Crippen LogP contribution < -0.4 is 4.74 Å². The molecule has 0 aliphatic rings. The molecule has 116 valence electrons. The number of carbonyl (C=O) groups excluding carboxylic acids is 1. The average molecular weight is 301 g/mol. The molecule has 0 fully saturated rings. The topological polar surface area (TPSA) is 29.5 Å². The zero-order valence-electron chi connectivity index (χ0n) is 12.8. The quantitative estimate of drug-likeness (QED) is 0.815. The normalized spacial score (nSPS) is 11.8. The minimum absolute atomic E-state index is 0.107. The van der Waals surface area contributed by atoms with Crippen LogP contribution in [0.4, 0.5) is 4.39 Å². The standard InChI is InChI=1S/C18H20FNO2/c1-3-16(22-17-12-8-7-11-15(17)19)18(21)20(2)13-14-9-5-4-6-10-14/h4-12,16H,3,13H2,1-2H3/t16-/m0/s1. The van der Waals surface area contributed by atoms with Gasteiger partial charge >= 0.3 is 0 Å². The number of likely N-dealkylation sites (N-methyl/N-ethyl adjacent to an activating group) is 1. The number of para-hydroxylation sites is 1. The van der Waals surface area contributed by atoms with Crippen LogP contribution in [-0.4, -0.2) is 24.0 Å². The molecule has 1 atom stereocenters. The lowest BCUT2D eigenvalue weighted by Gasteiger charge is -2.24. The zero-order chi connectivity index (χ0) is 15.9. The second-order valence-corrected chi connectivity index (χ2v) is 5.13. The Morgan fingerprint density at radius 1 is 1.14 bits per heavy atom. The predicted octanol–water partition coefficient (Wildman–Crippen LogP) is 3.64. The van der Waals surface area contributed by atoms with Crippen molar-refractivity contribution in [2.75, 3.05) is 7.05 Å². The van der Waals surface area contributed by atoms with Crippen molar-refractivity contribution < 1.29 is 13.9 Å². The molecule has 0 unspecified atom stereocenters. The monoisotopic (exact) mass is 301 g/mol. The minimum Gasteiger partial charge on any atom is -0.478 e. The van der Waals surface area contributed by atoms with Gasteiger partial charge in [-0.3, -0.25) is 4.79 Å². The van der Waals surface area contributed by atoms with Crippen LogP contribution in [0.2, 0.25) is 0 Å². The van der Waals surface area contributed by atoms with Crippen molar-refractivity contribution in [2.45, 2.75) is 26.0 Å². The molecular weight excluding hydrogens is 281 g/mol. The van der Waals surface area contributed by atoms with Crippen molar-refractivity contribution in [2.24, 2.45) is 0 Å². The first-order valence-corrected chi connectivity index (χ1v) is 7.32. The van der Waals surface area contributed by atoms with Gasteiger partial charge in [-0.25, -0.2) is 4.39 Å². The molecule has 3 nitrogen and oxygen atoms in total. The molecule has 0 heterocycles. The summed E-state index contributed by atoms with van der Waals surface area (Å²) in [5.41, 5.74) is 1.04. The summed E-state index contributed by atoms with van der Waals surface area (Å²) in [5.74, 6) is -0.509. The highest BCUT2D eigenvalue weighted by molar-refractivity contribution is 5.81. The second kappa shape index (κ2) is 7.59. The molecule has 0 N–H and O–H groups in total. The molecule has 0 spiro atoms. The number of carbonyl (C=O) groups is 1. The van der Waals surface area contributed by atoms with Crippen LogP contribution in [0.5, 0.6) is 5.75 Å². The maximum absolute atomic E-state index is 13.6. The highest BCUT2D eigenvalue weighted by Crippen LogP contribution is 2.19. The number of rotatable bonds is 6. The van der Waals surface area contributed by atoms with Crippen LogP contribution in [0.3, 0.4) is 0 Å². The van der Waals surface area contributed by atoms with Crippen molar-refractivity contribution >= 4 is 5.91 Å². The van der Waals surface area contributed by atoms with Gasteiger partial charge in [0.15, 0.2) is 17.7 Å². The van der Waals surface area contributed by atoms with E-state index < -0.39 is 11.9 Å². The Hall–Kier alpha value is -2.36. The van der Waals surface area contributed by atoms with Crippen LogP contribution in [-0.2, 0) is 11.3 Å². The van der Waals surface area contributed by atoms with Crippen molar-refractivity contribution in [1.29, 1.82) is 0 Å². The summed E-state index contributed by atoms with van der Waals surface area (Å²) in [7, 11) is 1.72. The van der Waals surface area contributed by atoms with Gasteiger partial charge in [-0.1, -0.05) is 49.4 Å². The molecule has 22 heavy (non-hydrogen) atoms. The molecule has 2 aromatic rings. The van der Waals surface area contributed by atoms with Gasteiger partial charge in [-0.15, -0.1) is 0 Å². The van der Waals surface area contributed by atoms with Gasteiger partial charge in [0, 0.05) is 13.6 Å². The van der Waals surface area contributed by atoms with E-state index in [0.29, 0.717) is 13.0 Å². The highest BCUT2D eigenvalue weighted by atomic mass is 19.1. The summed E-state index contributed by atoms with van der Waals surface area (Å²) in [6.07, 6.45) is -0.211. The molecule has 2 aromatic carbocycles. The third-order valence-electron chi connectivity index (χ3n) is 3.39. The molecule has 0 saturated heterocycles. The Labute approximate surface area is 130 Å². The van der Waals surface area contributed by atoms with E-state index in [1.807, 2.05) is 37.3 Å². The largest absolute Gasteiger partial charge is 0.478 e. The predicted molar refractivity (Wildman–Crippen MR) is 84.0 cm³/mol. The van der Waals surface area contributed by atoms with Gasteiger partial charge in [-0.2, -0.15) is 0 Å². The SMILES string of the molecule is CC[C@H](Oc1ccccc1F)C(=O)N(C)Cc1ccccc1. The summed E-state index contributed by atoms with van der Waals surface area (Å²) in [5, 5.41) is 0.